The highest BCUT2D eigenvalue weighted by Crippen LogP contribution is 2.14. The monoisotopic (exact) mass is 271 g/mol. The number of aromatic amines is 1. The van der Waals surface area contributed by atoms with Crippen LogP contribution in [0.1, 0.15) is 58.0 Å². The van der Waals surface area contributed by atoms with Gasteiger partial charge in [-0.05, 0) is 31.7 Å². The molecule has 0 amide bonds. The van der Waals surface area contributed by atoms with E-state index in [-0.39, 0.29) is 0 Å². The molecule has 0 saturated heterocycles. The van der Waals surface area contributed by atoms with Gasteiger partial charge in [-0.1, -0.05) is 38.8 Å². The Hall–Kier alpha value is -0.540. The SMILES string of the molecule is CCCCc1nc(Cl)c(CNCCCC(C)C)[nH]1. The molecule has 1 aromatic heterocycles. The molecule has 0 spiro atoms. The van der Waals surface area contributed by atoms with E-state index in [0.29, 0.717) is 5.15 Å². The Bertz CT molecular complexity index is 334. The lowest BCUT2D eigenvalue weighted by molar-refractivity contribution is 0.526. The van der Waals surface area contributed by atoms with Gasteiger partial charge in [0.05, 0.1) is 5.69 Å². The summed E-state index contributed by atoms with van der Waals surface area (Å²) in [5.74, 6) is 1.80. The van der Waals surface area contributed by atoms with Gasteiger partial charge in [-0.15, -0.1) is 0 Å². The molecular weight excluding hydrogens is 246 g/mol. The second-order valence-electron chi connectivity index (χ2n) is 5.27. The van der Waals surface area contributed by atoms with E-state index in [1.165, 1.54) is 19.3 Å². The van der Waals surface area contributed by atoms with Crippen molar-refractivity contribution in [2.75, 3.05) is 6.54 Å². The van der Waals surface area contributed by atoms with E-state index in [0.717, 1.165) is 43.4 Å². The quantitative estimate of drug-likeness (QED) is 0.668. The molecule has 1 heterocycles. The number of hydrogen-bond acceptors (Lipinski definition) is 2. The van der Waals surface area contributed by atoms with Crippen molar-refractivity contribution in [1.29, 1.82) is 0 Å². The summed E-state index contributed by atoms with van der Waals surface area (Å²) >= 11 is 6.10. The summed E-state index contributed by atoms with van der Waals surface area (Å²) < 4.78 is 0. The van der Waals surface area contributed by atoms with E-state index in [9.17, 15) is 0 Å². The van der Waals surface area contributed by atoms with Gasteiger partial charge in [-0.25, -0.2) is 4.98 Å². The molecule has 2 N–H and O–H groups in total. The average Bonchev–Trinajstić information content (AvgIpc) is 2.67. The summed E-state index contributed by atoms with van der Waals surface area (Å²) in [6.45, 7) is 8.52. The molecular formula is C14H26ClN3. The van der Waals surface area contributed by atoms with E-state index in [1.54, 1.807) is 0 Å². The van der Waals surface area contributed by atoms with Crippen LogP contribution in [-0.2, 0) is 13.0 Å². The zero-order chi connectivity index (χ0) is 13.4. The normalized spacial score (nSPS) is 11.4. The first kappa shape index (κ1) is 15.5. The molecule has 0 aliphatic carbocycles. The zero-order valence-electron chi connectivity index (χ0n) is 11.9. The molecule has 0 aromatic carbocycles. The second-order valence-corrected chi connectivity index (χ2v) is 5.63. The van der Waals surface area contributed by atoms with Crippen molar-refractivity contribution >= 4 is 11.6 Å². The number of nitrogens with one attached hydrogen (secondary N) is 2. The predicted molar refractivity (Wildman–Crippen MR) is 78.0 cm³/mol. The van der Waals surface area contributed by atoms with Gasteiger partial charge >= 0.3 is 0 Å². The van der Waals surface area contributed by atoms with Crippen molar-refractivity contribution in [3.63, 3.8) is 0 Å². The molecule has 0 atom stereocenters. The van der Waals surface area contributed by atoms with Gasteiger partial charge in [0.1, 0.15) is 5.82 Å². The smallest absolute Gasteiger partial charge is 0.151 e. The van der Waals surface area contributed by atoms with Crippen LogP contribution in [0.25, 0.3) is 0 Å². The molecule has 0 saturated carbocycles. The number of aromatic nitrogens is 2. The van der Waals surface area contributed by atoms with Crippen molar-refractivity contribution < 1.29 is 0 Å². The van der Waals surface area contributed by atoms with Crippen LogP contribution >= 0.6 is 11.6 Å². The largest absolute Gasteiger partial charge is 0.344 e. The topological polar surface area (TPSA) is 40.7 Å². The van der Waals surface area contributed by atoms with E-state index >= 15 is 0 Å². The maximum absolute atomic E-state index is 6.10. The van der Waals surface area contributed by atoms with Crippen molar-refractivity contribution in [3.05, 3.63) is 16.7 Å². The first-order valence-electron chi connectivity index (χ1n) is 7.07. The summed E-state index contributed by atoms with van der Waals surface area (Å²) in [7, 11) is 0. The minimum atomic E-state index is 0.623. The summed E-state index contributed by atoms with van der Waals surface area (Å²) in [6, 6.07) is 0. The summed E-state index contributed by atoms with van der Waals surface area (Å²) in [4.78, 5) is 7.66. The van der Waals surface area contributed by atoms with Gasteiger partial charge in [-0.3, -0.25) is 0 Å². The van der Waals surface area contributed by atoms with Crippen LogP contribution in [0, 0.1) is 5.92 Å². The lowest BCUT2D eigenvalue weighted by Crippen LogP contribution is -2.15. The number of rotatable bonds is 9. The number of H-pyrrole nitrogens is 1. The summed E-state index contributed by atoms with van der Waals surface area (Å²) in [6.07, 6.45) is 5.81. The van der Waals surface area contributed by atoms with Crippen LogP contribution < -0.4 is 5.32 Å². The maximum Gasteiger partial charge on any atom is 0.151 e. The molecule has 1 aromatic rings. The van der Waals surface area contributed by atoms with Crippen LogP contribution in [0.15, 0.2) is 0 Å². The number of aryl methyl sites for hydroxylation is 1. The Morgan fingerprint density at radius 1 is 1.33 bits per heavy atom. The van der Waals surface area contributed by atoms with Crippen LogP contribution in [-0.4, -0.2) is 16.5 Å². The van der Waals surface area contributed by atoms with Gasteiger partial charge in [0.25, 0.3) is 0 Å². The fourth-order valence-electron chi connectivity index (χ4n) is 1.87. The predicted octanol–water partition coefficient (Wildman–Crippen LogP) is 3.93. The number of unbranched alkanes of at least 4 members (excludes halogenated alkanes) is 1. The third-order valence-electron chi connectivity index (χ3n) is 2.98. The number of hydrogen-bond donors (Lipinski definition) is 2. The molecule has 0 bridgehead atoms. The van der Waals surface area contributed by atoms with Gasteiger partial charge in [-0.2, -0.15) is 0 Å². The fourth-order valence-corrected chi connectivity index (χ4v) is 2.08. The molecule has 18 heavy (non-hydrogen) atoms. The zero-order valence-corrected chi connectivity index (χ0v) is 12.6. The van der Waals surface area contributed by atoms with E-state index in [4.69, 9.17) is 11.6 Å². The Morgan fingerprint density at radius 3 is 2.78 bits per heavy atom. The Kier molecular flexibility index (Phi) is 7.36. The maximum atomic E-state index is 6.10. The molecule has 0 fully saturated rings. The molecule has 3 nitrogen and oxygen atoms in total. The molecule has 0 unspecified atom stereocenters. The highest BCUT2D eigenvalue weighted by Gasteiger charge is 2.07. The number of halogens is 1. The van der Waals surface area contributed by atoms with Crippen molar-refractivity contribution in [2.24, 2.45) is 5.92 Å². The number of imidazole rings is 1. The van der Waals surface area contributed by atoms with E-state index < -0.39 is 0 Å². The summed E-state index contributed by atoms with van der Waals surface area (Å²) in [5, 5.41) is 4.03. The van der Waals surface area contributed by atoms with Crippen molar-refractivity contribution in [3.8, 4) is 0 Å². The minimum absolute atomic E-state index is 0.623. The highest BCUT2D eigenvalue weighted by molar-refractivity contribution is 6.30. The fraction of sp³-hybridized carbons (Fsp3) is 0.786. The summed E-state index contributed by atoms with van der Waals surface area (Å²) in [5.41, 5.74) is 1.02. The first-order chi connectivity index (χ1) is 8.63. The standard InChI is InChI=1S/C14H26ClN3/c1-4-5-8-13-17-12(14(15)18-13)10-16-9-6-7-11(2)3/h11,16H,4-10H2,1-3H3,(H,17,18). The molecule has 1 rings (SSSR count). The Balaban J connectivity index is 2.26. The van der Waals surface area contributed by atoms with Gasteiger partial charge in [0.2, 0.25) is 0 Å². The van der Waals surface area contributed by atoms with Crippen LogP contribution in [0.3, 0.4) is 0 Å². The van der Waals surface area contributed by atoms with Crippen molar-refractivity contribution in [1.82, 2.24) is 15.3 Å². The van der Waals surface area contributed by atoms with Crippen LogP contribution in [0.4, 0.5) is 0 Å². The van der Waals surface area contributed by atoms with Gasteiger partial charge < -0.3 is 10.3 Å². The highest BCUT2D eigenvalue weighted by atomic mass is 35.5. The molecule has 0 aliphatic heterocycles. The van der Waals surface area contributed by atoms with Crippen LogP contribution in [0.2, 0.25) is 5.15 Å². The first-order valence-corrected chi connectivity index (χ1v) is 7.45. The molecule has 104 valence electrons. The lowest BCUT2D eigenvalue weighted by atomic mass is 10.1. The molecule has 0 aliphatic rings. The minimum Gasteiger partial charge on any atom is -0.344 e. The lowest BCUT2D eigenvalue weighted by Gasteiger charge is -2.05. The second kappa shape index (κ2) is 8.54. The Labute approximate surface area is 116 Å². The van der Waals surface area contributed by atoms with Gasteiger partial charge in [0.15, 0.2) is 5.15 Å². The van der Waals surface area contributed by atoms with E-state index in [2.05, 4.69) is 36.1 Å². The van der Waals surface area contributed by atoms with Crippen LogP contribution in [0.5, 0.6) is 0 Å². The molecule has 0 radical (unpaired) electrons. The average molecular weight is 272 g/mol. The van der Waals surface area contributed by atoms with Crippen molar-refractivity contribution in [2.45, 2.75) is 59.4 Å². The van der Waals surface area contributed by atoms with E-state index in [1.807, 2.05) is 0 Å². The Morgan fingerprint density at radius 2 is 2.11 bits per heavy atom. The third-order valence-corrected chi connectivity index (χ3v) is 3.29. The number of nitrogens with zero attached hydrogens (tertiary/aromatic N) is 1. The molecule has 4 heteroatoms. The van der Waals surface area contributed by atoms with Gasteiger partial charge in [0, 0.05) is 13.0 Å². The third kappa shape index (κ3) is 5.87.